The third-order valence-corrected chi connectivity index (χ3v) is 3.98. The molecular weight excluding hydrogens is 318 g/mol. The van der Waals surface area contributed by atoms with Gasteiger partial charge >= 0.3 is 11.9 Å². The summed E-state index contributed by atoms with van der Waals surface area (Å²) in [5.41, 5.74) is 3.59. The SMILES string of the molecule is COC(=O)c1ccccc1-c1cc(C(=O)OC)c2ccc(C)cc2n1. The Kier molecular flexibility index (Phi) is 4.48. The molecule has 5 nitrogen and oxygen atoms in total. The van der Waals surface area contributed by atoms with Gasteiger partial charge in [0, 0.05) is 10.9 Å². The van der Waals surface area contributed by atoms with Gasteiger partial charge in [-0.3, -0.25) is 0 Å². The Morgan fingerprint density at radius 2 is 1.56 bits per heavy atom. The number of pyridine rings is 1. The highest BCUT2D eigenvalue weighted by atomic mass is 16.5. The minimum absolute atomic E-state index is 0.389. The van der Waals surface area contributed by atoms with Crippen LogP contribution in [-0.2, 0) is 9.47 Å². The van der Waals surface area contributed by atoms with Crippen molar-refractivity contribution in [3.8, 4) is 11.3 Å². The van der Waals surface area contributed by atoms with Gasteiger partial charge < -0.3 is 9.47 Å². The van der Waals surface area contributed by atoms with Gasteiger partial charge in [0.05, 0.1) is 36.6 Å². The van der Waals surface area contributed by atoms with Crippen molar-refractivity contribution in [2.75, 3.05) is 14.2 Å². The largest absolute Gasteiger partial charge is 0.465 e. The fraction of sp³-hybridized carbons (Fsp3) is 0.150. The summed E-state index contributed by atoms with van der Waals surface area (Å²) in [7, 11) is 2.67. The number of carbonyl (C=O) groups excluding carboxylic acids is 2. The highest BCUT2D eigenvalue weighted by Gasteiger charge is 2.18. The smallest absolute Gasteiger partial charge is 0.338 e. The lowest BCUT2D eigenvalue weighted by Crippen LogP contribution is -2.06. The zero-order valence-electron chi connectivity index (χ0n) is 14.2. The molecule has 25 heavy (non-hydrogen) atoms. The predicted octanol–water partition coefficient (Wildman–Crippen LogP) is 3.78. The number of hydrogen-bond acceptors (Lipinski definition) is 5. The van der Waals surface area contributed by atoms with E-state index in [0.29, 0.717) is 33.3 Å². The van der Waals surface area contributed by atoms with E-state index in [9.17, 15) is 9.59 Å². The third kappa shape index (κ3) is 3.08. The van der Waals surface area contributed by atoms with Gasteiger partial charge in [0.15, 0.2) is 0 Å². The molecule has 3 rings (SSSR count). The summed E-state index contributed by atoms with van der Waals surface area (Å²) in [6, 6.07) is 14.3. The fourth-order valence-corrected chi connectivity index (χ4v) is 2.75. The molecule has 3 aromatic rings. The fourth-order valence-electron chi connectivity index (χ4n) is 2.75. The van der Waals surface area contributed by atoms with Gasteiger partial charge in [0.25, 0.3) is 0 Å². The lowest BCUT2D eigenvalue weighted by molar-refractivity contribution is 0.0594. The molecule has 0 N–H and O–H groups in total. The average molecular weight is 335 g/mol. The van der Waals surface area contributed by atoms with Crippen molar-refractivity contribution < 1.29 is 19.1 Å². The number of aromatic nitrogens is 1. The molecule has 126 valence electrons. The van der Waals surface area contributed by atoms with Gasteiger partial charge in [-0.1, -0.05) is 30.3 Å². The van der Waals surface area contributed by atoms with Crippen LogP contribution in [0.1, 0.15) is 26.3 Å². The van der Waals surface area contributed by atoms with E-state index >= 15 is 0 Å². The van der Waals surface area contributed by atoms with Crippen LogP contribution in [0.2, 0.25) is 0 Å². The second-order valence-corrected chi connectivity index (χ2v) is 5.60. The number of esters is 2. The first-order valence-electron chi connectivity index (χ1n) is 7.72. The molecule has 1 heterocycles. The standard InChI is InChI=1S/C20H17NO4/c1-12-8-9-14-16(20(23)25-3)11-18(21-17(14)10-12)13-6-4-5-7-15(13)19(22)24-2/h4-11H,1-3H3. The maximum absolute atomic E-state index is 12.2. The summed E-state index contributed by atoms with van der Waals surface area (Å²) >= 11 is 0. The van der Waals surface area contributed by atoms with Gasteiger partial charge in [0.2, 0.25) is 0 Å². The van der Waals surface area contributed by atoms with E-state index in [2.05, 4.69) is 4.98 Å². The molecule has 0 amide bonds. The van der Waals surface area contributed by atoms with Gasteiger partial charge in [0.1, 0.15) is 0 Å². The van der Waals surface area contributed by atoms with Crippen molar-refractivity contribution in [1.82, 2.24) is 4.98 Å². The van der Waals surface area contributed by atoms with Crippen LogP contribution in [0.3, 0.4) is 0 Å². The first kappa shape index (κ1) is 16.6. The van der Waals surface area contributed by atoms with Crippen LogP contribution in [0, 0.1) is 6.92 Å². The Morgan fingerprint density at radius 1 is 0.880 bits per heavy atom. The van der Waals surface area contributed by atoms with Crippen molar-refractivity contribution in [3.63, 3.8) is 0 Å². The molecule has 0 saturated carbocycles. The van der Waals surface area contributed by atoms with Crippen LogP contribution in [0.15, 0.2) is 48.5 Å². The second-order valence-electron chi connectivity index (χ2n) is 5.60. The van der Waals surface area contributed by atoms with Crippen LogP contribution in [0.25, 0.3) is 22.2 Å². The van der Waals surface area contributed by atoms with E-state index in [1.54, 1.807) is 24.3 Å². The van der Waals surface area contributed by atoms with Crippen LogP contribution in [0.5, 0.6) is 0 Å². The number of nitrogens with zero attached hydrogens (tertiary/aromatic N) is 1. The summed E-state index contributed by atoms with van der Waals surface area (Å²) in [6.07, 6.45) is 0. The molecule has 5 heteroatoms. The lowest BCUT2D eigenvalue weighted by Gasteiger charge is -2.11. The molecule has 0 unspecified atom stereocenters. The Balaban J connectivity index is 2.31. The van der Waals surface area contributed by atoms with Crippen molar-refractivity contribution in [1.29, 1.82) is 0 Å². The number of rotatable bonds is 3. The number of ether oxygens (including phenoxy) is 2. The summed E-state index contributed by atoms with van der Waals surface area (Å²) in [5.74, 6) is -0.908. The molecule has 0 aliphatic heterocycles. The highest BCUT2D eigenvalue weighted by Crippen LogP contribution is 2.28. The maximum atomic E-state index is 12.2. The van der Waals surface area contributed by atoms with E-state index in [1.165, 1.54) is 14.2 Å². The zero-order valence-corrected chi connectivity index (χ0v) is 14.2. The van der Waals surface area contributed by atoms with E-state index in [1.807, 2.05) is 31.2 Å². The number of fused-ring (bicyclic) bond motifs is 1. The van der Waals surface area contributed by atoms with Gasteiger partial charge in [-0.15, -0.1) is 0 Å². The van der Waals surface area contributed by atoms with Gasteiger partial charge in [-0.2, -0.15) is 0 Å². The molecule has 0 radical (unpaired) electrons. The van der Waals surface area contributed by atoms with Crippen LogP contribution >= 0.6 is 0 Å². The van der Waals surface area contributed by atoms with Crippen LogP contribution < -0.4 is 0 Å². The quantitative estimate of drug-likeness (QED) is 0.682. The number of methoxy groups -OCH3 is 2. The van der Waals surface area contributed by atoms with Crippen molar-refractivity contribution in [2.24, 2.45) is 0 Å². The summed E-state index contributed by atoms with van der Waals surface area (Å²) in [6.45, 7) is 1.95. The normalized spacial score (nSPS) is 10.5. The Bertz CT molecular complexity index is 979. The average Bonchev–Trinajstić information content (AvgIpc) is 2.65. The lowest BCUT2D eigenvalue weighted by atomic mass is 9.99. The monoisotopic (exact) mass is 335 g/mol. The predicted molar refractivity (Wildman–Crippen MR) is 94.6 cm³/mol. The minimum Gasteiger partial charge on any atom is -0.465 e. The van der Waals surface area contributed by atoms with E-state index in [4.69, 9.17) is 9.47 Å². The molecule has 2 aromatic carbocycles. The Hall–Kier alpha value is -3.21. The van der Waals surface area contributed by atoms with Crippen molar-refractivity contribution in [3.05, 3.63) is 65.2 Å². The molecular formula is C20H17NO4. The van der Waals surface area contributed by atoms with Crippen molar-refractivity contribution in [2.45, 2.75) is 6.92 Å². The second kappa shape index (κ2) is 6.73. The molecule has 0 aliphatic rings. The number of aryl methyl sites for hydroxylation is 1. The van der Waals surface area contributed by atoms with E-state index in [0.717, 1.165) is 5.56 Å². The highest BCUT2D eigenvalue weighted by molar-refractivity contribution is 6.05. The Labute approximate surface area is 145 Å². The minimum atomic E-state index is -0.457. The van der Waals surface area contributed by atoms with Crippen molar-refractivity contribution >= 4 is 22.8 Å². The van der Waals surface area contributed by atoms with Crippen LogP contribution in [-0.4, -0.2) is 31.1 Å². The molecule has 0 aliphatic carbocycles. The summed E-state index contributed by atoms with van der Waals surface area (Å²) < 4.78 is 9.75. The zero-order chi connectivity index (χ0) is 18.0. The summed E-state index contributed by atoms with van der Waals surface area (Å²) in [5, 5.41) is 0.705. The first-order valence-corrected chi connectivity index (χ1v) is 7.72. The Morgan fingerprint density at radius 3 is 2.28 bits per heavy atom. The molecule has 0 bridgehead atoms. The maximum Gasteiger partial charge on any atom is 0.338 e. The van der Waals surface area contributed by atoms with Gasteiger partial charge in [-0.05, 0) is 30.7 Å². The molecule has 0 spiro atoms. The first-order chi connectivity index (χ1) is 12.0. The van der Waals surface area contributed by atoms with E-state index in [-0.39, 0.29) is 0 Å². The number of carbonyl (C=O) groups is 2. The van der Waals surface area contributed by atoms with Gasteiger partial charge in [-0.25, -0.2) is 14.6 Å². The number of hydrogen-bond donors (Lipinski definition) is 0. The van der Waals surface area contributed by atoms with Crippen LogP contribution in [0.4, 0.5) is 0 Å². The molecule has 1 aromatic heterocycles. The molecule has 0 fully saturated rings. The third-order valence-electron chi connectivity index (χ3n) is 3.98. The summed E-state index contributed by atoms with van der Waals surface area (Å²) in [4.78, 5) is 28.9. The molecule has 0 saturated heterocycles. The van der Waals surface area contributed by atoms with E-state index < -0.39 is 11.9 Å². The number of benzene rings is 2. The molecule has 0 atom stereocenters. The topological polar surface area (TPSA) is 65.5 Å².